The van der Waals surface area contributed by atoms with Crippen molar-refractivity contribution in [2.24, 2.45) is 5.92 Å². The van der Waals surface area contributed by atoms with Gasteiger partial charge in [0.15, 0.2) is 5.76 Å². The molecule has 0 radical (unpaired) electrons. The van der Waals surface area contributed by atoms with Gasteiger partial charge in [-0.15, -0.1) is 0 Å². The van der Waals surface area contributed by atoms with Crippen molar-refractivity contribution in [3.63, 3.8) is 0 Å². The smallest absolute Gasteiger partial charge is 0.287 e. The summed E-state index contributed by atoms with van der Waals surface area (Å²) in [7, 11) is 0. The molecular formula is C15H22N2O4. The minimum absolute atomic E-state index is 0.0742. The van der Waals surface area contributed by atoms with Gasteiger partial charge < -0.3 is 20.2 Å². The topological polar surface area (TPSA) is 91.6 Å². The minimum atomic E-state index is -0.551. The van der Waals surface area contributed by atoms with E-state index in [1.807, 2.05) is 0 Å². The molecule has 2 unspecified atom stereocenters. The van der Waals surface area contributed by atoms with Gasteiger partial charge in [-0.05, 0) is 30.9 Å². The van der Waals surface area contributed by atoms with E-state index in [1.165, 1.54) is 12.3 Å². The molecule has 2 amide bonds. The lowest BCUT2D eigenvalue weighted by atomic mass is 9.77. The van der Waals surface area contributed by atoms with Crippen LogP contribution in [0.3, 0.4) is 0 Å². The van der Waals surface area contributed by atoms with Crippen LogP contribution in [-0.4, -0.2) is 35.6 Å². The first-order chi connectivity index (χ1) is 10.0. The van der Waals surface area contributed by atoms with Crippen molar-refractivity contribution in [3.8, 4) is 0 Å². The summed E-state index contributed by atoms with van der Waals surface area (Å²) in [4.78, 5) is 23.7. The molecular weight excluding hydrogens is 272 g/mol. The van der Waals surface area contributed by atoms with Crippen LogP contribution in [0.25, 0.3) is 0 Å². The Bertz CT molecular complexity index is 486. The van der Waals surface area contributed by atoms with Gasteiger partial charge in [0.2, 0.25) is 5.91 Å². The number of carbonyl (C=O) groups is 2. The molecule has 0 saturated heterocycles. The van der Waals surface area contributed by atoms with Crippen molar-refractivity contribution in [1.82, 2.24) is 10.6 Å². The van der Waals surface area contributed by atoms with Gasteiger partial charge in [0.1, 0.15) is 0 Å². The summed E-state index contributed by atoms with van der Waals surface area (Å²) in [5.74, 6) is -0.0712. The Balaban J connectivity index is 1.84. The molecule has 1 aromatic heterocycles. The van der Waals surface area contributed by atoms with Crippen molar-refractivity contribution in [2.75, 3.05) is 13.2 Å². The van der Waals surface area contributed by atoms with E-state index in [4.69, 9.17) is 4.42 Å². The second kappa shape index (κ2) is 6.76. The molecule has 0 aromatic carbocycles. The SMILES string of the molecule is CC1CCCC(CO)(NC(=O)CNC(=O)c2ccco2)C1. The third kappa shape index (κ3) is 4.07. The fourth-order valence-electron chi connectivity index (χ4n) is 2.95. The predicted molar refractivity (Wildman–Crippen MR) is 76.6 cm³/mol. The maximum absolute atomic E-state index is 12.0. The molecule has 6 nitrogen and oxygen atoms in total. The maximum Gasteiger partial charge on any atom is 0.287 e. The Morgan fingerprint density at radius 3 is 2.95 bits per heavy atom. The van der Waals surface area contributed by atoms with Crippen molar-refractivity contribution in [1.29, 1.82) is 0 Å². The van der Waals surface area contributed by atoms with Crippen LogP contribution in [0.15, 0.2) is 22.8 Å². The van der Waals surface area contributed by atoms with Gasteiger partial charge in [-0.25, -0.2) is 0 Å². The predicted octanol–water partition coefficient (Wildman–Crippen LogP) is 1.07. The molecule has 2 rings (SSSR count). The lowest BCUT2D eigenvalue weighted by molar-refractivity contribution is -0.123. The van der Waals surface area contributed by atoms with Crippen molar-refractivity contribution in [3.05, 3.63) is 24.2 Å². The molecule has 3 N–H and O–H groups in total. The molecule has 0 spiro atoms. The molecule has 6 heteroatoms. The van der Waals surface area contributed by atoms with Gasteiger partial charge in [-0.3, -0.25) is 9.59 Å². The summed E-state index contributed by atoms with van der Waals surface area (Å²) < 4.78 is 4.95. The number of rotatable bonds is 5. The summed E-state index contributed by atoms with van der Waals surface area (Å²) in [5.41, 5.74) is -0.551. The molecule has 0 bridgehead atoms. The number of nitrogens with one attached hydrogen (secondary N) is 2. The zero-order valence-corrected chi connectivity index (χ0v) is 12.2. The molecule has 1 aromatic rings. The van der Waals surface area contributed by atoms with Crippen molar-refractivity contribution >= 4 is 11.8 Å². The highest BCUT2D eigenvalue weighted by Gasteiger charge is 2.35. The number of hydrogen-bond donors (Lipinski definition) is 3. The Morgan fingerprint density at radius 2 is 2.33 bits per heavy atom. The normalized spacial score (nSPS) is 25.3. The second-order valence-electron chi connectivity index (χ2n) is 5.85. The third-order valence-electron chi connectivity index (χ3n) is 3.95. The van der Waals surface area contributed by atoms with Crippen molar-refractivity contribution < 1.29 is 19.1 Å². The van der Waals surface area contributed by atoms with E-state index in [1.54, 1.807) is 6.07 Å². The Labute approximate surface area is 123 Å². The van der Waals surface area contributed by atoms with E-state index in [2.05, 4.69) is 17.6 Å². The molecule has 116 valence electrons. The number of amides is 2. The molecule has 2 atom stereocenters. The monoisotopic (exact) mass is 294 g/mol. The molecule has 1 fully saturated rings. The van der Waals surface area contributed by atoms with E-state index < -0.39 is 11.4 Å². The van der Waals surface area contributed by atoms with Crippen LogP contribution in [0.1, 0.15) is 43.2 Å². The average Bonchev–Trinajstić information content (AvgIpc) is 2.99. The van der Waals surface area contributed by atoms with E-state index in [-0.39, 0.29) is 24.8 Å². The fraction of sp³-hybridized carbons (Fsp3) is 0.600. The highest BCUT2D eigenvalue weighted by molar-refractivity contribution is 5.94. The Hall–Kier alpha value is -1.82. The standard InChI is InChI=1S/C15H22N2O4/c1-11-4-2-6-15(8-11,10-18)17-13(19)9-16-14(20)12-5-3-7-21-12/h3,5,7,11,18H,2,4,6,8-10H2,1H3,(H,16,20)(H,17,19). The van der Waals surface area contributed by atoms with Crippen LogP contribution < -0.4 is 10.6 Å². The molecule has 1 aliphatic rings. The van der Waals surface area contributed by atoms with Gasteiger partial charge in [0, 0.05) is 0 Å². The number of aliphatic hydroxyl groups is 1. The van der Waals surface area contributed by atoms with Gasteiger partial charge >= 0.3 is 0 Å². The third-order valence-corrected chi connectivity index (χ3v) is 3.95. The van der Waals surface area contributed by atoms with E-state index in [9.17, 15) is 14.7 Å². The zero-order chi connectivity index (χ0) is 15.3. The lowest BCUT2D eigenvalue weighted by Gasteiger charge is -2.39. The Kier molecular flexibility index (Phi) is 5.01. The van der Waals surface area contributed by atoms with Gasteiger partial charge in [-0.2, -0.15) is 0 Å². The van der Waals surface area contributed by atoms with Crippen LogP contribution in [0.2, 0.25) is 0 Å². The number of furan rings is 1. The summed E-state index contributed by atoms with van der Waals surface area (Å²) in [5, 5.41) is 15.0. The number of aliphatic hydroxyl groups excluding tert-OH is 1. The molecule has 0 aliphatic heterocycles. The first-order valence-corrected chi connectivity index (χ1v) is 7.28. The van der Waals surface area contributed by atoms with Crippen LogP contribution in [0.5, 0.6) is 0 Å². The Morgan fingerprint density at radius 1 is 1.52 bits per heavy atom. The van der Waals surface area contributed by atoms with Gasteiger partial charge in [0.25, 0.3) is 5.91 Å². The van der Waals surface area contributed by atoms with Gasteiger partial charge in [0.05, 0.1) is 25.0 Å². The van der Waals surface area contributed by atoms with Crippen LogP contribution in [0, 0.1) is 5.92 Å². The zero-order valence-electron chi connectivity index (χ0n) is 12.2. The molecule has 1 heterocycles. The van der Waals surface area contributed by atoms with Crippen LogP contribution >= 0.6 is 0 Å². The minimum Gasteiger partial charge on any atom is -0.459 e. The van der Waals surface area contributed by atoms with Gasteiger partial charge in [-0.1, -0.05) is 19.8 Å². The quantitative estimate of drug-likeness (QED) is 0.757. The second-order valence-corrected chi connectivity index (χ2v) is 5.85. The lowest BCUT2D eigenvalue weighted by Crippen LogP contribution is -2.55. The first kappa shape index (κ1) is 15.6. The highest BCUT2D eigenvalue weighted by Crippen LogP contribution is 2.31. The fourth-order valence-corrected chi connectivity index (χ4v) is 2.95. The van der Waals surface area contributed by atoms with Crippen LogP contribution in [0.4, 0.5) is 0 Å². The van der Waals surface area contributed by atoms with E-state index >= 15 is 0 Å². The van der Waals surface area contributed by atoms with E-state index in [0.717, 1.165) is 25.7 Å². The summed E-state index contributed by atoms with van der Waals surface area (Å²) in [6.07, 6.45) is 5.04. The highest BCUT2D eigenvalue weighted by atomic mass is 16.3. The summed E-state index contributed by atoms with van der Waals surface area (Å²) in [6, 6.07) is 3.14. The average molecular weight is 294 g/mol. The van der Waals surface area contributed by atoms with Crippen molar-refractivity contribution in [2.45, 2.75) is 38.1 Å². The summed E-state index contributed by atoms with van der Waals surface area (Å²) in [6.45, 7) is 1.92. The number of hydrogen-bond acceptors (Lipinski definition) is 4. The maximum atomic E-state index is 12.0. The molecule has 1 saturated carbocycles. The first-order valence-electron chi connectivity index (χ1n) is 7.28. The van der Waals surface area contributed by atoms with Crippen LogP contribution in [-0.2, 0) is 4.79 Å². The molecule has 21 heavy (non-hydrogen) atoms. The van der Waals surface area contributed by atoms with E-state index in [0.29, 0.717) is 5.92 Å². The summed E-state index contributed by atoms with van der Waals surface area (Å²) >= 11 is 0. The largest absolute Gasteiger partial charge is 0.459 e. The number of carbonyl (C=O) groups excluding carboxylic acids is 2. The molecule has 1 aliphatic carbocycles.